The average Bonchev–Trinajstić information content (AvgIpc) is 2.56. The molecule has 0 saturated carbocycles. The zero-order chi connectivity index (χ0) is 17.2. The van der Waals surface area contributed by atoms with Crippen LogP contribution in [0.25, 0.3) is 11.8 Å². The van der Waals surface area contributed by atoms with Gasteiger partial charge in [-0.05, 0) is 17.5 Å². The summed E-state index contributed by atoms with van der Waals surface area (Å²) >= 11 is 0. The van der Waals surface area contributed by atoms with Gasteiger partial charge in [0.15, 0.2) is 0 Å². The predicted octanol–water partition coefficient (Wildman–Crippen LogP) is 6.82. The van der Waals surface area contributed by atoms with Gasteiger partial charge in [0, 0.05) is 5.70 Å². The first-order valence-corrected chi connectivity index (χ1v) is 8.37. The van der Waals surface area contributed by atoms with Crippen LogP contribution in [0.3, 0.4) is 0 Å². The zero-order valence-electron chi connectivity index (χ0n) is 14.9. The van der Waals surface area contributed by atoms with Gasteiger partial charge in [-0.2, -0.15) is 0 Å². The van der Waals surface area contributed by atoms with E-state index in [2.05, 4.69) is 64.8 Å². The first-order valence-electron chi connectivity index (χ1n) is 8.37. The van der Waals surface area contributed by atoms with Crippen molar-refractivity contribution in [2.24, 2.45) is 5.73 Å². The molecule has 0 heterocycles. The van der Waals surface area contributed by atoms with Crippen molar-refractivity contribution in [1.82, 2.24) is 0 Å². The molecular formula is C21H35N. The molecule has 124 valence electrons. The third-order valence-electron chi connectivity index (χ3n) is 3.00. The van der Waals surface area contributed by atoms with E-state index in [9.17, 15) is 0 Å². The second kappa shape index (κ2) is 17.3. The van der Waals surface area contributed by atoms with E-state index in [1.54, 1.807) is 0 Å². The smallest absolute Gasteiger partial charge is 0.0314 e. The highest BCUT2D eigenvalue weighted by atomic mass is 14.6. The number of allylic oxidation sites excluding steroid dienone is 1. The molecule has 0 spiro atoms. The largest absolute Gasteiger partial charge is 0.399 e. The summed E-state index contributed by atoms with van der Waals surface area (Å²) < 4.78 is 0. The fourth-order valence-electron chi connectivity index (χ4n) is 1.69. The molecule has 1 aromatic carbocycles. The van der Waals surface area contributed by atoms with Gasteiger partial charge in [0.1, 0.15) is 0 Å². The number of unbranched alkanes of at least 4 members (excludes halogenated alkanes) is 4. The van der Waals surface area contributed by atoms with Crippen LogP contribution >= 0.6 is 0 Å². The minimum absolute atomic E-state index is 0.620. The summed E-state index contributed by atoms with van der Waals surface area (Å²) in [5.41, 5.74) is 8.40. The lowest BCUT2D eigenvalue weighted by molar-refractivity contribution is 0.702. The van der Waals surface area contributed by atoms with Crippen LogP contribution in [0.4, 0.5) is 0 Å². The maximum atomic E-state index is 5.57. The van der Waals surface area contributed by atoms with E-state index in [-0.39, 0.29) is 0 Å². The number of benzene rings is 1. The van der Waals surface area contributed by atoms with Crippen LogP contribution in [0.5, 0.6) is 0 Å². The maximum Gasteiger partial charge on any atom is 0.0314 e. The van der Waals surface area contributed by atoms with Gasteiger partial charge >= 0.3 is 0 Å². The van der Waals surface area contributed by atoms with Crippen LogP contribution in [0.15, 0.2) is 50.1 Å². The van der Waals surface area contributed by atoms with E-state index in [0.29, 0.717) is 5.70 Å². The molecule has 1 rings (SSSR count). The molecule has 22 heavy (non-hydrogen) atoms. The molecule has 0 amide bonds. The van der Waals surface area contributed by atoms with Crippen molar-refractivity contribution in [1.29, 1.82) is 0 Å². The molecule has 0 bridgehead atoms. The van der Waals surface area contributed by atoms with Crippen molar-refractivity contribution in [3.63, 3.8) is 0 Å². The van der Waals surface area contributed by atoms with Gasteiger partial charge < -0.3 is 5.73 Å². The van der Waals surface area contributed by atoms with Gasteiger partial charge in [-0.25, -0.2) is 0 Å². The summed E-state index contributed by atoms with van der Waals surface area (Å²) in [5, 5.41) is 0. The Morgan fingerprint density at radius 2 is 1.45 bits per heavy atom. The van der Waals surface area contributed by atoms with Crippen molar-refractivity contribution in [2.45, 2.75) is 59.3 Å². The van der Waals surface area contributed by atoms with E-state index in [1.165, 1.54) is 37.7 Å². The van der Waals surface area contributed by atoms with Crippen molar-refractivity contribution in [3.8, 4) is 0 Å². The highest BCUT2D eigenvalue weighted by Crippen LogP contribution is 2.10. The van der Waals surface area contributed by atoms with Crippen molar-refractivity contribution < 1.29 is 0 Å². The van der Waals surface area contributed by atoms with E-state index in [1.807, 2.05) is 12.1 Å². The van der Waals surface area contributed by atoms with E-state index in [0.717, 1.165) is 12.0 Å². The van der Waals surface area contributed by atoms with Crippen LogP contribution in [0.2, 0.25) is 0 Å². The number of rotatable bonds is 7. The minimum Gasteiger partial charge on any atom is -0.399 e. The summed E-state index contributed by atoms with van der Waals surface area (Å²) in [4.78, 5) is 0. The van der Waals surface area contributed by atoms with Crippen molar-refractivity contribution >= 4 is 11.8 Å². The molecule has 1 nitrogen and oxygen atoms in total. The van der Waals surface area contributed by atoms with E-state index in [4.69, 9.17) is 5.73 Å². The fourth-order valence-corrected chi connectivity index (χ4v) is 1.69. The normalized spacial score (nSPS) is 9.41. The lowest BCUT2D eigenvalue weighted by Crippen LogP contribution is -1.92. The Morgan fingerprint density at radius 3 is 1.82 bits per heavy atom. The van der Waals surface area contributed by atoms with Gasteiger partial charge in [-0.3, -0.25) is 0 Å². The zero-order valence-corrected chi connectivity index (χ0v) is 14.9. The molecule has 0 unspecified atom stereocenters. The number of hydrogen-bond acceptors (Lipinski definition) is 1. The first-order chi connectivity index (χ1) is 10.7. The van der Waals surface area contributed by atoms with Crippen LogP contribution < -0.4 is 5.73 Å². The van der Waals surface area contributed by atoms with E-state index >= 15 is 0 Å². The van der Waals surface area contributed by atoms with Crippen LogP contribution in [-0.4, -0.2) is 0 Å². The van der Waals surface area contributed by atoms with Gasteiger partial charge in [0.25, 0.3) is 0 Å². The minimum atomic E-state index is 0.620. The number of hydrogen-bond donors (Lipinski definition) is 1. The summed E-state index contributed by atoms with van der Waals surface area (Å²) in [5.74, 6) is 0. The van der Waals surface area contributed by atoms with Crippen LogP contribution in [-0.2, 0) is 0 Å². The summed E-state index contributed by atoms with van der Waals surface area (Å²) in [7, 11) is 0. The van der Waals surface area contributed by atoms with Crippen molar-refractivity contribution in [3.05, 3.63) is 61.2 Å². The number of nitrogens with two attached hydrogens (primary N) is 1. The fraction of sp³-hybridized carbons (Fsp3) is 0.429. The summed E-state index contributed by atoms with van der Waals surface area (Å²) in [6, 6.07) is 8.10. The molecule has 0 radical (unpaired) electrons. The Bertz CT molecular complexity index is 383. The molecule has 0 aliphatic heterocycles. The molecule has 0 saturated heterocycles. The van der Waals surface area contributed by atoms with Gasteiger partial charge in [0.05, 0.1) is 0 Å². The molecule has 0 aromatic heterocycles. The van der Waals surface area contributed by atoms with Gasteiger partial charge in [-0.1, -0.05) is 95.9 Å². The van der Waals surface area contributed by atoms with Crippen LogP contribution in [0, 0.1) is 0 Å². The lowest BCUT2D eigenvalue weighted by Gasteiger charge is -1.99. The monoisotopic (exact) mass is 301 g/mol. The molecule has 0 aliphatic rings. The predicted molar refractivity (Wildman–Crippen MR) is 105 cm³/mol. The molecule has 2 N–H and O–H groups in total. The third-order valence-corrected chi connectivity index (χ3v) is 3.00. The Labute approximate surface area is 138 Å². The molecule has 0 fully saturated rings. The second-order valence-electron chi connectivity index (χ2n) is 5.05. The van der Waals surface area contributed by atoms with Gasteiger partial charge in [0.2, 0.25) is 0 Å². The average molecular weight is 302 g/mol. The molecule has 1 aromatic rings. The molecule has 0 aliphatic carbocycles. The Morgan fingerprint density at radius 1 is 0.955 bits per heavy atom. The van der Waals surface area contributed by atoms with Crippen molar-refractivity contribution in [2.75, 3.05) is 0 Å². The molecule has 0 atom stereocenters. The van der Waals surface area contributed by atoms with E-state index < -0.39 is 0 Å². The topological polar surface area (TPSA) is 26.0 Å². The third kappa shape index (κ3) is 13.2. The quantitative estimate of drug-likeness (QED) is 0.434. The maximum absolute atomic E-state index is 5.57. The lowest BCUT2D eigenvalue weighted by atomic mass is 10.1. The van der Waals surface area contributed by atoms with Crippen LogP contribution in [0.1, 0.15) is 70.4 Å². The highest BCUT2D eigenvalue weighted by molar-refractivity contribution is 5.62. The first kappa shape index (κ1) is 22.5. The Hall–Kier alpha value is -1.76. The summed E-state index contributed by atoms with van der Waals surface area (Å²) in [6.07, 6.45) is 12.2. The standard InChI is InChI=1S/C13H17N.C6H14.C2H4/c1-3-4-5-6-12-7-9-13(10-8-12)11(2)14;1-3-5-6-4-2;1-2/h5-10H,2-4,14H2,1H3;3-6H2,1-2H3;1-2H2/b6-5+;;. The Kier molecular flexibility index (Phi) is 17.7. The molecular weight excluding hydrogens is 266 g/mol. The second-order valence-corrected chi connectivity index (χ2v) is 5.05. The Balaban J connectivity index is 0. The highest BCUT2D eigenvalue weighted by Gasteiger charge is 1.92. The summed E-state index contributed by atoms with van der Waals surface area (Å²) in [6.45, 7) is 16.3. The molecule has 1 heteroatoms. The SMILES string of the molecule is C=C.C=C(N)c1ccc(/C=C/CCC)cc1.CCCCCC. The van der Waals surface area contributed by atoms with Gasteiger partial charge in [-0.15, -0.1) is 13.2 Å².